The van der Waals surface area contributed by atoms with Gasteiger partial charge in [-0.3, -0.25) is 14.9 Å². The summed E-state index contributed by atoms with van der Waals surface area (Å²) in [7, 11) is 0. The van der Waals surface area contributed by atoms with E-state index in [1.807, 2.05) is 0 Å². The molecule has 1 fully saturated rings. The van der Waals surface area contributed by atoms with Crippen LogP contribution in [0.2, 0.25) is 5.02 Å². The Morgan fingerprint density at radius 1 is 1.19 bits per heavy atom. The molecule has 0 aromatic heterocycles. The third-order valence-electron chi connectivity index (χ3n) is 4.69. The van der Waals surface area contributed by atoms with E-state index in [-0.39, 0.29) is 33.9 Å². The molecule has 26 heavy (non-hydrogen) atoms. The van der Waals surface area contributed by atoms with Gasteiger partial charge in [-0.25, -0.2) is 4.39 Å². The minimum atomic E-state index is -0.594. The van der Waals surface area contributed by atoms with Crippen molar-refractivity contribution in [2.75, 3.05) is 13.1 Å². The Kier molecular flexibility index (Phi) is 5.52. The number of rotatable bonds is 3. The van der Waals surface area contributed by atoms with Crippen LogP contribution >= 0.6 is 11.6 Å². The number of halogens is 2. The molecule has 1 atom stereocenters. The summed E-state index contributed by atoms with van der Waals surface area (Å²) in [4.78, 5) is 25.0. The average molecular weight is 377 g/mol. The Balaban J connectivity index is 1.83. The number of likely N-dealkylation sites (tertiary alicyclic amines) is 1. The van der Waals surface area contributed by atoms with E-state index >= 15 is 0 Å². The second-order valence-corrected chi connectivity index (χ2v) is 6.83. The first-order chi connectivity index (χ1) is 12.5. The fourth-order valence-electron chi connectivity index (χ4n) is 3.30. The summed E-state index contributed by atoms with van der Waals surface area (Å²) in [5, 5.41) is 11.1. The first-order valence-corrected chi connectivity index (χ1v) is 8.82. The number of amides is 1. The normalized spacial score (nSPS) is 17.6. The fourth-order valence-corrected chi connectivity index (χ4v) is 3.49. The lowest BCUT2D eigenvalue weighted by Gasteiger charge is -2.25. The zero-order valence-electron chi connectivity index (χ0n) is 14.0. The predicted molar refractivity (Wildman–Crippen MR) is 97.0 cm³/mol. The molecule has 5 nitrogen and oxygen atoms in total. The average Bonchev–Trinajstić information content (AvgIpc) is 2.88. The number of carbonyl (C=O) groups excluding carboxylic acids is 1. The third-order valence-corrected chi connectivity index (χ3v) is 5.01. The van der Waals surface area contributed by atoms with Crippen LogP contribution in [0.1, 0.15) is 41.1 Å². The maximum atomic E-state index is 13.2. The molecule has 1 unspecified atom stereocenters. The van der Waals surface area contributed by atoms with Gasteiger partial charge in [0.25, 0.3) is 11.6 Å². The molecule has 3 rings (SSSR count). The van der Waals surface area contributed by atoms with Gasteiger partial charge < -0.3 is 4.90 Å². The Bertz CT molecular complexity index is 826. The van der Waals surface area contributed by atoms with Crippen LogP contribution in [0.15, 0.2) is 42.5 Å². The van der Waals surface area contributed by atoms with E-state index in [2.05, 4.69) is 0 Å². The van der Waals surface area contributed by atoms with Crippen LogP contribution in [0.25, 0.3) is 0 Å². The van der Waals surface area contributed by atoms with Gasteiger partial charge in [0.15, 0.2) is 0 Å². The van der Waals surface area contributed by atoms with Gasteiger partial charge in [-0.1, -0.05) is 30.2 Å². The van der Waals surface area contributed by atoms with Gasteiger partial charge in [0.2, 0.25) is 0 Å². The number of hydrogen-bond acceptors (Lipinski definition) is 3. The highest BCUT2D eigenvalue weighted by molar-refractivity contribution is 6.32. The highest BCUT2D eigenvalue weighted by Crippen LogP contribution is 2.29. The summed E-state index contributed by atoms with van der Waals surface area (Å²) in [5.74, 6) is -0.424. The van der Waals surface area contributed by atoms with Gasteiger partial charge in [0.1, 0.15) is 10.8 Å². The topological polar surface area (TPSA) is 63.4 Å². The van der Waals surface area contributed by atoms with E-state index in [1.165, 1.54) is 30.3 Å². The molecular weight excluding hydrogens is 359 g/mol. The number of nitro benzene ring substituents is 1. The minimum Gasteiger partial charge on any atom is -0.338 e. The number of nitrogens with zero attached hydrogens (tertiary/aromatic N) is 2. The van der Waals surface area contributed by atoms with E-state index in [9.17, 15) is 19.3 Å². The van der Waals surface area contributed by atoms with E-state index < -0.39 is 4.92 Å². The Labute approximate surface area is 155 Å². The summed E-state index contributed by atoms with van der Waals surface area (Å²) < 4.78 is 13.2. The van der Waals surface area contributed by atoms with E-state index in [1.54, 1.807) is 17.0 Å². The molecule has 7 heteroatoms. The fraction of sp³-hybridized carbons (Fsp3) is 0.316. The van der Waals surface area contributed by atoms with Crippen molar-refractivity contribution in [3.8, 4) is 0 Å². The van der Waals surface area contributed by atoms with Crippen LogP contribution in [-0.4, -0.2) is 28.8 Å². The number of hydrogen-bond donors (Lipinski definition) is 0. The van der Waals surface area contributed by atoms with Crippen molar-refractivity contribution in [3.05, 3.63) is 74.5 Å². The Morgan fingerprint density at radius 3 is 2.62 bits per heavy atom. The molecule has 2 aromatic rings. The molecule has 1 saturated heterocycles. The van der Waals surface area contributed by atoms with Crippen LogP contribution in [0.3, 0.4) is 0 Å². The molecule has 1 heterocycles. The van der Waals surface area contributed by atoms with Crippen LogP contribution in [0, 0.1) is 15.9 Å². The monoisotopic (exact) mass is 376 g/mol. The molecule has 0 bridgehead atoms. The molecule has 1 amide bonds. The van der Waals surface area contributed by atoms with Crippen molar-refractivity contribution in [2.24, 2.45) is 0 Å². The van der Waals surface area contributed by atoms with Crippen molar-refractivity contribution in [1.82, 2.24) is 4.90 Å². The van der Waals surface area contributed by atoms with Crippen LogP contribution in [-0.2, 0) is 0 Å². The van der Waals surface area contributed by atoms with Crippen molar-refractivity contribution < 1.29 is 14.1 Å². The number of carbonyl (C=O) groups is 1. The molecule has 0 aliphatic carbocycles. The second kappa shape index (κ2) is 7.83. The molecule has 136 valence electrons. The van der Waals surface area contributed by atoms with Gasteiger partial charge in [0, 0.05) is 30.6 Å². The third kappa shape index (κ3) is 4.02. The molecule has 1 aliphatic rings. The van der Waals surface area contributed by atoms with Gasteiger partial charge in [-0.15, -0.1) is 0 Å². The zero-order valence-corrected chi connectivity index (χ0v) is 14.8. The molecule has 2 aromatic carbocycles. The lowest BCUT2D eigenvalue weighted by molar-refractivity contribution is -0.384. The smallest absolute Gasteiger partial charge is 0.288 e. The standard InChI is InChI=1S/C19H18ClFN2O3/c20-17-9-6-14(11-18(17)23(25)26)19(24)22-10-2-1-3-15(12-22)13-4-7-16(21)8-5-13/h4-9,11,15H,1-3,10,12H2. The largest absolute Gasteiger partial charge is 0.338 e. The van der Waals surface area contributed by atoms with Gasteiger partial charge in [0.05, 0.1) is 4.92 Å². The number of nitro groups is 1. The molecule has 0 N–H and O–H groups in total. The van der Waals surface area contributed by atoms with Crippen molar-refractivity contribution in [2.45, 2.75) is 25.2 Å². The lowest BCUT2D eigenvalue weighted by atomic mass is 9.94. The maximum Gasteiger partial charge on any atom is 0.288 e. The summed E-state index contributed by atoms with van der Waals surface area (Å²) in [6.45, 7) is 1.09. The van der Waals surface area contributed by atoms with Crippen LogP contribution < -0.4 is 0 Å². The van der Waals surface area contributed by atoms with E-state index in [0.717, 1.165) is 24.8 Å². The SMILES string of the molecule is O=C(c1ccc(Cl)c([N+](=O)[O-])c1)N1CCCCC(c2ccc(F)cc2)C1. The minimum absolute atomic E-state index is 0.00612. The quantitative estimate of drug-likeness (QED) is 0.571. The van der Waals surface area contributed by atoms with Crippen molar-refractivity contribution >= 4 is 23.2 Å². The Morgan fingerprint density at radius 2 is 1.92 bits per heavy atom. The molecule has 1 aliphatic heterocycles. The van der Waals surface area contributed by atoms with Crippen molar-refractivity contribution in [3.63, 3.8) is 0 Å². The van der Waals surface area contributed by atoms with Gasteiger partial charge >= 0.3 is 0 Å². The van der Waals surface area contributed by atoms with E-state index in [0.29, 0.717) is 13.1 Å². The van der Waals surface area contributed by atoms with Crippen LogP contribution in [0.5, 0.6) is 0 Å². The van der Waals surface area contributed by atoms with Gasteiger partial charge in [-0.2, -0.15) is 0 Å². The first kappa shape index (κ1) is 18.3. The van der Waals surface area contributed by atoms with Gasteiger partial charge in [-0.05, 0) is 42.7 Å². The summed E-state index contributed by atoms with van der Waals surface area (Å²) in [5.41, 5.74) is 0.969. The molecular formula is C19H18ClFN2O3. The van der Waals surface area contributed by atoms with Crippen molar-refractivity contribution in [1.29, 1.82) is 0 Å². The zero-order chi connectivity index (χ0) is 18.7. The summed E-state index contributed by atoms with van der Waals surface area (Å²) in [6.07, 6.45) is 2.74. The lowest BCUT2D eigenvalue weighted by Crippen LogP contribution is -2.34. The second-order valence-electron chi connectivity index (χ2n) is 6.42. The highest BCUT2D eigenvalue weighted by Gasteiger charge is 2.25. The van der Waals surface area contributed by atoms with E-state index in [4.69, 9.17) is 11.6 Å². The Hall–Kier alpha value is -2.47. The first-order valence-electron chi connectivity index (χ1n) is 8.44. The maximum absolute atomic E-state index is 13.2. The number of benzene rings is 2. The summed E-state index contributed by atoms with van der Waals surface area (Å²) >= 11 is 5.83. The molecule has 0 spiro atoms. The molecule has 0 radical (unpaired) electrons. The predicted octanol–water partition coefficient (Wildman–Crippen LogP) is 4.80. The molecule has 0 saturated carbocycles. The summed E-state index contributed by atoms with van der Waals surface area (Å²) in [6, 6.07) is 10.5. The van der Waals surface area contributed by atoms with Crippen LogP contribution in [0.4, 0.5) is 10.1 Å². The highest BCUT2D eigenvalue weighted by atomic mass is 35.5.